The molecule has 1 heterocycles. The molecule has 3 aromatic rings. The highest BCUT2D eigenvalue weighted by atomic mass is 127. The summed E-state index contributed by atoms with van der Waals surface area (Å²) in [6.07, 6.45) is 0. The lowest BCUT2D eigenvalue weighted by atomic mass is 10.0. The summed E-state index contributed by atoms with van der Waals surface area (Å²) in [6, 6.07) is 8.34. The summed E-state index contributed by atoms with van der Waals surface area (Å²) >= 11 is 8.27. The molecule has 0 saturated heterocycles. The minimum atomic E-state index is -1.21. The van der Waals surface area contributed by atoms with Gasteiger partial charge in [0.1, 0.15) is 11.5 Å². The zero-order valence-corrected chi connectivity index (χ0v) is 17.3. The molecule has 3 rings (SSSR count). The molecule has 0 aliphatic rings. The number of aromatic carboxylic acids is 1. The molecule has 0 spiro atoms. The van der Waals surface area contributed by atoms with E-state index >= 15 is 0 Å². The van der Waals surface area contributed by atoms with Gasteiger partial charge in [-0.05, 0) is 59.8 Å². The van der Waals surface area contributed by atoms with Crippen LogP contribution in [0.4, 0.5) is 4.39 Å². The van der Waals surface area contributed by atoms with Crippen LogP contribution in [0.5, 0.6) is 0 Å². The molecule has 1 unspecified atom stereocenters. The van der Waals surface area contributed by atoms with Crippen molar-refractivity contribution in [2.24, 2.45) is 7.05 Å². The number of halogens is 3. The summed E-state index contributed by atoms with van der Waals surface area (Å²) in [6.45, 7) is 1.64. The van der Waals surface area contributed by atoms with Crippen molar-refractivity contribution in [3.05, 3.63) is 67.6 Å². The molecular weight excluding hydrogens is 486 g/mol. The first kappa shape index (κ1) is 19.6. The number of carbonyl (C=O) groups is 2. The Kier molecular flexibility index (Phi) is 5.43. The lowest BCUT2D eigenvalue weighted by Gasteiger charge is -2.16. The Morgan fingerprint density at radius 1 is 1.26 bits per heavy atom. The summed E-state index contributed by atoms with van der Waals surface area (Å²) < 4.78 is 16.8. The van der Waals surface area contributed by atoms with E-state index in [0.717, 1.165) is 20.5 Å². The molecule has 1 atom stereocenters. The third-order valence-electron chi connectivity index (χ3n) is 4.41. The number of carbonyl (C=O) groups excluding carboxylic acids is 1. The molecule has 1 amide bonds. The summed E-state index contributed by atoms with van der Waals surface area (Å²) in [4.78, 5) is 23.6. The lowest BCUT2D eigenvalue weighted by molar-refractivity contribution is 0.0695. The quantitative estimate of drug-likeness (QED) is 0.507. The zero-order chi connectivity index (χ0) is 19.9. The second-order valence-corrected chi connectivity index (χ2v) is 7.61. The van der Waals surface area contributed by atoms with Gasteiger partial charge in [-0.2, -0.15) is 0 Å². The van der Waals surface area contributed by atoms with Gasteiger partial charge >= 0.3 is 5.97 Å². The first-order valence-electron chi connectivity index (χ1n) is 7.97. The van der Waals surface area contributed by atoms with Crippen LogP contribution >= 0.6 is 34.2 Å². The Balaban J connectivity index is 1.89. The van der Waals surface area contributed by atoms with Crippen molar-refractivity contribution >= 4 is 57.0 Å². The molecule has 0 aliphatic heterocycles. The van der Waals surface area contributed by atoms with Crippen molar-refractivity contribution < 1.29 is 19.1 Å². The Bertz CT molecular complexity index is 1080. The normalized spacial score (nSPS) is 12.2. The van der Waals surface area contributed by atoms with Gasteiger partial charge in [-0.15, -0.1) is 0 Å². The third-order valence-corrected chi connectivity index (χ3v) is 6.20. The van der Waals surface area contributed by atoms with Crippen LogP contribution in [-0.2, 0) is 7.05 Å². The van der Waals surface area contributed by atoms with Crippen molar-refractivity contribution in [2.75, 3.05) is 0 Å². The van der Waals surface area contributed by atoms with E-state index in [9.17, 15) is 14.0 Å². The predicted molar refractivity (Wildman–Crippen MR) is 110 cm³/mol. The van der Waals surface area contributed by atoms with Crippen molar-refractivity contribution in [2.45, 2.75) is 13.0 Å². The van der Waals surface area contributed by atoms with E-state index < -0.39 is 17.8 Å². The minimum absolute atomic E-state index is 0.144. The molecule has 1 aromatic heterocycles. The fraction of sp³-hybridized carbons (Fsp3) is 0.158. The Morgan fingerprint density at radius 3 is 2.59 bits per heavy atom. The Hall–Kier alpha value is -2.13. The summed E-state index contributed by atoms with van der Waals surface area (Å²) in [5.41, 5.74) is 1.35. The van der Waals surface area contributed by atoms with Crippen LogP contribution in [0, 0.1) is 9.39 Å². The number of nitrogens with zero attached hydrogens (tertiary/aromatic N) is 1. The SMILES string of the molecule is CC(NC(=O)c1cc2c(I)c(Cl)ccc2n1C)c1ccc(C(=O)O)cc1F. The van der Waals surface area contributed by atoms with Crippen LogP contribution in [0.15, 0.2) is 36.4 Å². The molecule has 0 bridgehead atoms. The summed E-state index contributed by atoms with van der Waals surface area (Å²) in [5, 5.41) is 13.1. The Morgan fingerprint density at radius 2 is 1.96 bits per heavy atom. The monoisotopic (exact) mass is 500 g/mol. The van der Waals surface area contributed by atoms with Crippen molar-refractivity contribution in [3.63, 3.8) is 0 Å². The van der Waals surface area contributed by atoms with Crippen LogP contribution in [0.3, 0.4) is 0 Å². The van der Waals surface area contributed by atoms with Crippen LogP contribution in [0.2, 0.25) is 5.02 Å². The molecule has 140 valence electrons. The number of aromatic nitrogens is 1. The third kappa shape index (κ3) is 3.66. The van der Waals surface area contributed by atoms with Gasteiger partial charge in [-0.3, -0.25) is 4.79 Å². The van der Waals surface area contributed by atoms with Gasteiger partial charge in [0.2, 0.25) is 0 Å². The largest absolute Gasteiger partial charge is 0.478 e. The number of rotatable bonds is 4. The fourth-order valence-electron chi connectivity index (χ4n) is 2.93. The molecule has 2 aromatic carbocycles. The van der Waals surface area contributed by atoms with Crippen molar-refractivity contribution in [3.8, 4) is 0 Å². The molecule has 27 heavy (non-hydrogen) atoms. The molecule has 0 fully saturated rings. The van der Waals surface area contributed by atoms with E-state index in [0.29, 0.717) is 10.7 Å². The first-order valence-corrected chi connectivity index (χ1v) is 9.43. The maximum atomic E-state index is 14.2. The van der Waals surface area contributed by atoms with Gasteiger partial charge in [0.25, 0.3) is 5.91 Å². The van der Waals surface area contributed by atoms with Crippen LogP contribution in [0.1, 0.15) is 39.4 Å². The minimum Gasteiger partial charge on any atom is -0.478 e. The van der Waals surface area contributed by atoms with Crippen LogP contribution in [-0.4, -0.2) is 21.6 Å². The fourth-order valence-corrected chi connectivity index (χ4v) is 3.70. The van der Waals surface area contributed by atoms with Gasteiger partial charge in [0.15, 0.2) is 0 Å². The zero-order valence-electron chi connectivity index (χ0n) is 14.4. The highest BCUT2D eigenvalue weighted by Crippen LogP contribution is 2.30. The van der Waals surface area contributed by atoms with Gasteiger partial charge in [0, 0.05) is 27.1 Å². The number of hydrogen-bond donors (Lipinski definition) is 2. The predicted octanol–water partition coefficient (Wildman–Crippen LogP) is 4.76. The maximum Gasteiger partial charge on any atom is 0.335 e. The average molecular weight is 501 g/mol. The van der Waals surface area contributed by atoms with E-state index in [2.05, 4.69) is 27.9 Å². The highest BCUT2D eigenvalue weighted by Gasteiger charge is 2.20. The second kappa shape index (κ2) is 7.47. The van der Waals surface area contributed by atoms with E-state index in [1.54, 1.807) is 30.7 Å². The summed E-state index contributed by atoms with van der Waals surface area (Å²) in [7, 11) is 1.77. The van der Waals surface area contributed by atoms with E-state index in [4.69, 9.17) is 16.7 Å². The molecule has 0 saturated carbocycles. The van der Waals surface area contributed by atoms with Gasteiger partial charge in [0.05, 0.1) is 16.6 Å². The number of fused-ring (bicyclic) bond motifs is 1. The van der Waals surface area contributed by atoms with Gasteiger partial charge in [-0.1, -0.05) is 17.7 Å². The maximum absolute atomic E-state index is 14.2. The smallest absolute Gasteiger partial charge is 0.335 e. The molecule has 5 nitrogen and oxygen atoms in total. The van der Waals surface area contributed by atoms with E-state index in [1.165, 1.54) is 12.1 Å². The molecule has 0 aliphatic carbocycles. The molecule has 8 heteroatoms. The number of carboxylic acid groups (broad SMARTS) is 1. The number of hydrogen-bond acceptors (Lipinski definition) is 2. The number of aryl methyl sites for hydroxylation is 1. The number of carboxylic acids is 1. The lowest BCUT2D eigenvalue weighted by Crippen LogP contribution is -2.28. The number of nitrogens with one attached hydrogen (secondary N) is 1. The standard InChI is InChI=1S/C19H15ClFIN2O3/c1-9(11-4-3-10(19(26)27)7-14(11)21)23-18(25)16-8-12-15(24(16)2)6-5-13(20)17(12)22/h3-9H,1-2H3,(H,23,25)(H,26,27). The molecular formula is C19H15ClFIN2O3. The van der Waals surface area contributed by atoms with Crippen molar-refractivity contribution in [1.29, 1.82) is 0 Å². The van der Waals surface area contributed by atoms with Crippen LogP contribution in [0.25, 0.3) is 10.9 Å². The van der Waals surface area contributed by atoms with Crippen LogP contribution < -0.4 is 5.32 Å². The molecule has 2 N–H and O–H groups in total. The van der Waals surface area contributed by atoms with Gasteiger partial charge in [-0.25, -0.2) is 9.18 Å². The number of benzene rings is 2. The van der Waals surface area contributed by atoms with Gasteiger partial charge < -0.3 is 15.0 Å². The molecule has 0 radical (unpaired) electrons. The highest BCUT2D eigenvalue weighted by molar-refractivity contribution is 14.1. The summed E-state index contributed by atoms with van der Waals surface area (Å²) in [5.74, 6) is -2.25. The Labute approximate surface area is 173 Å². The first-order chi connectivity index (χ1) is 12.7. The number of amides is 1. The topological polar surface area (TPSA) is 71.3 Å². The van der Waals surface area contributed by atoms with E-state index in [-0.39, 0.29) is 17.0 Å². The average Bonchev–Trinajstić information content (AvgIpc) is 2.95. The van der Waals surface area contributed by atoms with E-state index in [1.807, 2.05) is 6.07 Å². The second-order valence-electron chi connectivity index (χ2n) is 6.12. The van der Waals surface area contributed by atoms with Crippen molar-refractivity contribution in [1.82, 2.24) is 9.88 Å².